The van der Waals surface area contributed by atoms with E-state index >= 15 is 0 Å². The first-order chi connectivity index (χ1) is 11.8. The summed E-state index contributed by atoms with van der Waals surface area (Å²) in [5.74, 6) is -0.656. The third-order valence-electron chi connectivity index (χ3n) is 3.10. The van der Waals surface area contributed by atoms with Crippen molar-refractivity contribution >= 4 is 40.8 Å². The molecule has 1 amide bonds. The Bertz CT molecular complexity index is 867. The Balaban J connectivity index is 2.45. The van der Waals surface area contributed by atoms with Crippen molar-refractivity contribution < 1.29 is 19.6 Å². The minimum Gasteiger partial charge on any atom is -0.867 e. The molecule has 130 valence electrons. The number of halogens is 1. The molecule has 2 rings (SSSR count). The fraction of sp³-hybridized carbons (Fsp3) is 0.125. The van der Waals surface area contributed by atoms with E-state index < -0.39 is 16.4 Å². The summed E-state index contributed by atoms with van der Waals surface area (Å²) < 4.78 is 5.17. The maximum absolute atomic E-state index is 12.1. The van der Waals surface area contributed by atoms with Crippen LogP contribution in [0.1, 0.15) is 12.5 Å². The highest BCUT2D eigenvalue weighted by molar-refractivity contribution is 6.31. The number of aliphatic imine (C=N–C) groups is 1. The number of hydrogen-bond acceptors (Lipinski definition) is 6. The van der Waals surface area contributed by atoms with Crippen LogP contribution in [0.2, 0.25) is 5.02 Å². The Kier molecular flexibility index (Phi) is 5.56. The predicted octanol–water partition coefficient (Wildman–Crippen LogP) is 3.04. The second kappa shape index (κ2) is 7.63. The number of amides is 1. The van der Waals surface area contributed by atoms with E-state index in [4.69, 9.17) is 16.3 Å². The molecule has 0 spiro atoms. The molecule has 2 aromatic carbocycles. The standard InChI is InChI=1S/C16H14ClN3O5/c1-9(21)19-12-3-4-15(25-2)13(7-12)18-8-10-5-11(17)6-14(16(10)22)20(23)24/h3-8,22H,1-2H3,(H,19,21)/p-1. The molecular weight excluding hydrogens is 350 g/mol. The summed E-state index contributed by atoms with van der Waals surface area (Å²) in [7, 11) is 1.44. The number of hydrogen-bond donors (Lipinski definition) is 1. The van der Waals surface area contributed by atoms with Crippen molar-refractivity contribution in [3.8, 4) is 11.5 Å². The molecule has 2 aromatic rings. The van der Waals surface area contributed by atoms with Crippen LogP contribution in [0.4, 0.5) is 17.1 Å². The van der Waals surface area contributed by atoms with Crippen LogP contribution in [0.5, 0.6) is 11.5 Å². The highest BCUT2D eigenvalue weighted by atomic mass is 35.5. The van der Waals surface area contributed by atoms with Gasteiger partial charge in [0, 0.05) is 29.9 Å². The summed E-state index contributed by atoms with van der Waals surface area (Å²) in [5.41, 5.74) is 0.148. The molecule has 0 aliphatic rings. The van der Waals surface area contributed by atoms with Gasteiger partial charge in [0.15, 0.2) is 0 Å². The lowest BCUT2D eigenvalue weighted by molar-refractivity contribution is -0.398. The number of anilines is 1. The average Bonchev–Trinajstić information content (AvgIpc) is 2.54. The van der Waals surface area contributed by atoms with Crippen molar-refractivity contribution in [2.24, 2.45) is 4.99 Å². The molecule has 1 N–H and O–H groups in total. The third-order valence-corrected chi connectivity index (χ3v) is 3.32. The molecule has 0 unspecified atom stereocenters. The number of nitro benzene ring substituents is 1. The summed E-state index contributed by atoms with van der Waals surface area (Å²) in [6, 6.07) is 7.03. The van der Waals surface area contributed by atoms with E-state index in [0.29, 0.717) is 17.1 Å². The van der Waals surface area contributed by atoms with Gasteiger partial charge in [0.2, 0.25) is 5.91 Å². The molecule has 0 aliphatic heterocycles. The first kappa shape index (κ1) is 18.2. The van der Waals surface area contributed by atoms with E-state index in [1.807, 2.05) is 0 Å². The molecule has 0 bridgehead atoms. The molecule has 0 aliphatic carbocycles. The molecule has 25 heavy (non-hydrogen) atoms. The van der Waals surface area contributed by atoms with Gasteiger partial charge in [-0.25, -0.2) is 0 Å². The molecule has 0 fully saturated rings. The smallest absolute Gasteiger partial charge is 0.263 e. The van der Waals surface area contributed by atoms with Crippen LogP contribution in [-0.2, 0) is 4.79 Å². The summed E-state index contributed by atoms with van der Waals surface area (Å²) in [4.78, 5) is 25.4. The largest absolute Gasteiger partial charge is 0.867 e. The maximum atomic E-state index is 12.1. The zero-order valence-electron chi connectivity index (χ0n) is 13.3. The summed E-state index contributed by atoms with van der Waals surface area (Å²) in [6.45, 7) is 1.36. The van der Waals surface area contributed by atoms with Gasteiger partial charge in [-0.3, -0.25) is 19.9 Å². The average molecular weight is 363 g/mol. The number of carbonyl (C=O) groups excluding carboxylic acids is 1. The van der Waals surface area contributed by atoms with Crippen LogP contribution in [-0.4, -0.2) is 24.2 Å². The maximum Gasteiger partial charge on any atom is 0.263 e. The lowest BCUT2D eigenvalue weighted by atomic mass is 10.2. The van der Waals surface area contributed by atoms with Crippen molar-refractivity contribution in [3.05, 3.63) is 51.0 Å². The van der Waals surface area contributed by atoms with E-state index in [1.54, 1.807) is 18.2 Å². The van der Waals surface area contributed by atoms with Gasteiger partial charge in [-0.15, -0.1) is 0 Å². The highest BCUT2D eigenvalue weighted by Crippen LogP contribution is 2.33. The topological polar surface area (TPSA) is 117 Å². The van der Waals surface area contributed by atoms with Crippen LogP contribution in [0.15, 0.2) is 35.3 Å². The Morgan fingerprint density at radius 2 is 2.08 bits per heavy atom. The van der Waals surface area contributed by atoms with Gasteiger partial charge in [-0.2, -0.15) is 0 Å². The number of benzene rings is 2. The second-order valence-electron chi connectivity index (χ2n) is 4.93. The van der Waals surface area contributed by atoms with Gasteiger partial charge < -0.3 is 15.2 Å². The summed E-state index contributed by atoms with van der Waals surface area (Å²) >= 11 is 5.81. The zero-order valence-corrected chi connectivity index (χ0v) is 14.0. The number of carbonyl (C=O) groups is 1. The van der Waals surface area contributed by atoms with Crippen molar-refractivity contribution in [1.29, 1.82) is 0 Å². The van der Waals surface area contributed by atoms with Crippen LogP contribution >= 0.6 is 11.6 Å². The van der Waals surface area contributed by atoms with E-state index in [2.05, 4.69) is 10.3 Å². The van der Waals surface area contributed by atoms with E-state index in [-0.39, 0.29) is 16.5 Å². The van der Waals surface area contributed by atoms with Gasteiger partial charge in [-0.1, -0.05) is 11.6 Å². The van der Waals surface area contributed by atoms with E-state index in [0.717, 1.165) is 12.3 Å². The van der Waals surface area contributed by atoms with Crippen molar-refractivity contribution in [2.75, 3.05) is 12.4 Å². The van der Waals surface area contributed by atoms with Gasteiger partial charge >= 0.3 is 0 Å². The molecule has 9 heteroatoms. The third kappa shape index (κ3) is 4.45. The molecule has 0 saturated carbocycles. The van der Waals surface area contributed by atoms with Crippen LogP contribution < -0.4 is 15.2 Å². The minimum atomic E-state index is -0.802. The van der Waals surface area contributed by atoms with Gasteiger partial charge in [-0.05, 0) is 35.6 Å². The molecular formula is C16H13ClN3O5-. The fourth-order valence-electron chi connectivity index (χ4n) is 2.04. The van der Waals surface area contributed by atoms with Crippen molar-refractivity contribution in [3.63, 3.8) is 0 Å². The highest BCUT2D eigenvalue weighted by Gasteiger charge is 2.11. The number of rotatable bonds is 5. The SMILES string of the molecule is COc1ccc(NC(C)=O)cc1N=Cc1cc(Cl)cc([N+](=O)[O-])c1[O-]. The number of ether oxygens (including phenoxy) is 1. The number of nitro groups is 1. The summed E-state index contributed by atoms with van der Waals surface area (Å²) in [6.07, 6.45) is 1.16. The van der Waals surface area contributed by atoms with Crippen molar-refractivity contribution in [2.45, 2.75) is 6.92 Å². The van der Waals surface area contributed by atoms with Crippen LogP contribution in [0.3, 0.4) is 0 Å². The lowest BCUT2D eigenvalue weighted by Gasteiger charge is -2.11. The zero-order chi connectivity index (χ0) is 18.6. The van der Waals surface area contributed by atoms with Crippen LogP contribution in [0.25, 0.3) is 0 Å². The minimum absolute atomic E-state index is 0.0359. The Labute approximate surface area is 147 Å². The van der Waals surface area contributed by atoms with Gasteiger partial charge in [0.05, 0.1) is 12.0 Å². The predicted molar refractivity (Wildman–Crippen MR) is 92.1 cm³/mol. The van der Waals surface area contributed by atoms with E-state index in [9.17, 15) is 20.0 Å². The lowest BCUT2D eigenvalue weighted by Crippen LogP contribution is -2.05. The van der Waals surface area contributed by atoms with Gasteiger partial charge in [0.1, 0.15) is 11.4 Å². The molecule has 0 aromatic heterocycles. The molecule has 8 nitrogen and oxygen atoms in total. The number of methoxy groups -OCH3 is 1. The van der Waals surface area contributed by atoms with Crippen LogP contribution in [0, 0.1) is 10.1 Å². The number of nitrogens with one attached hydrogen (secondary N) is 1. The number of nitrogens with zero attached hydrogens (tertiary/aromatic N) is 2. The monoisotopic (exact) mass is 362 g/mol. The fourth-order valence-corrected chi connectivity index (χ4v) is 2.26. The van der Waals surface area contributed by atoms with Gasteiger partial charge in [0.25, 0.3) is 5.69 Å². The van der Waals surface area contributed by atoms with E-state index in [1.165, 1.54) is 20.1 Å². The molecule has 0 heterocycles. The quantitative estimate of drug-likeness (QED) is 0.498. The van der Waals surface area contributed by atoms with Crippen molar-refractivity contribution in [1.82, 2.24) is 0 Å². The second-order valence-corrected chi connectivity index (χ2v) is 5.36. The normalized spacial score (nSPS) is 10.7. The summed E-state index contributed by atoms with van der Waals surface area (Å²) in [5, 5.41) is 25.6. The first-order valence-corrected chi connectivity index (χ1v) is 7.34. The Morgan fingerprint density at radius 3 is 2.68 bits per heavy atom. The molecule has 0 radical (unpaired) electrons. The molecule has 0 atom stereocenters. The Morgan fingerprint density at radius 1 is 1.36 bits per heavy atom. The molecule has 0 saturated heterocycles. The first-order valence-electron chi connectivity index (χ1n) is 6.96. The Hall–Kier alpha value is -3.13.